The molecule has 0 heterocycles. The third-order valence-electron chi connectivity index (χ3n) is 2.42. The van der Waals surface area contributed by atoms with Gasteiger partial charge in [0.05, 0.1) is 11.4 Å². The molecule has 0 saturated heterocycles. The van der Waals surface area contributed by atoms with Gasteiger partial charge in [-0.2, -0.15) is 5.26 Å². The fourth-order valence-corrected chi connectivity index (χ4v) is 1.33. The molecule has 0 amide bonds. The van der Waals surface area contributed by atoms with Crippen molar-refractivity contribution in [1.82, 2.24) is 0 Å². The number of nitrogens with zero attached hydrogens (tertiary/aromatic N) is 1. The van der Waals surface area contributed by atoms with Crippen LogP contribution >= 0.6 is 11.6 Å². The smallest absolute Gasteiger partial charge is 0.137 e. The summed E-state index contributed by atoms with van der Waals surface area (Å²) in [6, 6.07) is 5.71. The number of hydrogen-bond donors (Lipinski definition) is 2. The molecular weight excluding hydrogens is 222 g/mol. The second kappa shape index (κ2) is 4.91. The van der Waals surface area contributed by atoms with Crippen molar-refractivity contribution in [3.63, 3.8) is 0 Å². The van der Waals surface area contributed by atoms with Gasteiger partial charge in [0.2, 0.25) is 0 Å². The third-order valence-corrected chi connectivity index (χ3v) is 2.78. The van der Waals surface area contributed by atoms with E-state index in [-0.39, 0.29) is 5.03 Å². The number of nitrogens with one attached hydrogen (secondary N) is 1. The largest absolute Gasteiger partial charge is 0.397 e. The zero-order chi connectivity index (χ0) is 12.3. The Labute approximate surface area is 101 Å². The molecule has 0 saturated carbocycles. The van der Waals surface area contributed by atoms with Crippen molar-refractivity contribution < 1.29 is 0 Å². The Hall–Kier alpha value is -1.66. The molecule has 0 spiro atoms. The molecule has 1 rings (SSSR count). The number of nitrogen functional groups attached to an aromatic ring is 1. The Bertz CT molecular complexity index is 484. The van der Waals surface area contributed by atoms with Crippen molar-refractivity contribution in [3.05, 3.63) is 34.0 Å². The molecule has 84 valence electrons. The van der Waals surface area contributed by atoms with Gasteiger partial charge in [-0.15, -0.1) is 0 Å². The Balaban J connectivity index is 3.09. The third kappa shape index (κ3) is 2.68. The lowest BCUT2D eigenvalue weighted by molar-refractivity contribution is 1.31. The van der Waals surface area contributed by atoms with E-state index in [1.54, 1.807) is 6.92 Å². The summed E-state index contributed by atoms with van der Waals surface area (Å²) in [5.74, 6) is 0. The van der Waals surface area contributed by atoms with Crippen molar-refractivity contribution in [1.29, 1.82) is 5.26 Å². The van der Waals surface area contributed by atoms with Crippen LogP contribution in [0.25, 0.3) is 0 Å². The standard InChI is InChI=1S/C12H14ClN3/c1-7-4-11(15)12(5-8(7)2)16-9(3)10(13)6-14/h4-5,16H,15H2,1-3H3. The highest BCUT2D eigenvalue weighted by molar-refractivity contribution is 6.32. The van der Waals surface area contributed by atoms with Gasteiger partial charge in [-0.1, -0.05) is 11.6 Å². The molecule has 0 unspecified atom stereocenters. The number of benzene rings is 1. The van der Waals surface area contributed by atoms with Gasteiger partial charge in [-0.3, -0.25) is 0 Å². The minimum Gasteiger partial charge on any atom is -0.397 e. The first kappa shape index (κ1) is 12.4. The van der Waals surface area contributed by atoms with Crippen LogP contribution in [0.15, 0.2) is 22.9 Å². The van der Waals surface area contributed by atoms with E-state index in [1.165, 1.54) is 0 Å². The van der Waals surface area contributed by atoms with E-state index in [1.807, 2.05) is 32.0 Å². The van der Waals surface area contributed by atoms with E-state index >= 15 is 0 Å². The van der Waals surface area contributed by atoms with E-state index in [0.29, 0.717) is 11.4 Å². The van der Waals surface area contributed by atoms with Crippen LogP contribution in [0.4, 0.5) is 11.4 Å². The highest BCUT2D eigenvalue weighted by atomic mass is 35.5. The maximum atomic E-state index is 8.64. The van der Waals surface area contributed by atoms with Gasteiger partial charge in [0.1, 0.15) is 11.1 Å². The summed E-state index contributed by atoms with van der Waals surface area (Å²) < 4.78 is 0. The summed E-state index contributed by atoms with van der Waals surface area (Å²) in [6.07, 6.45) is 0. The van der Waals surface area contributed by atoms with Gasteiger partial charge in [0, 0.05) is 5.70 Å². The van der Waals surface area contributed by atoms with Gasteiger partial charge in [-0.25, -0.2) is 0 Å². The molecule has 0 aliphatic rings. The van der Waals surface area contributed by atoms with Gasteiger partial charge < -0.3 is 11.1 Å². The summed E-state index contributed by atoms with van der Waals surface area (Å²) >= 11 is 5.70. The van der Waals surface area contributed by atoms with Crippen molar-refractivity contribution in [2.75, 3.05) is 11.1 Å². The Morgan fingerprint density at radius 1 is 1.38 bits per heavy atom. The van der Waals surface area contributed by atoms with E-state index < -0.39 is 0 Å². The summed E-state index contributed by atoms with van der Waals surface area (Å²) in [6.45, 7) is 5.74. The van der Waals surface area contributed by atoms with Crippen LogP contribution in [0, 0.1) is 25.2 Å². The number of nitrogens with two attached hydrogens (primary N) is 1. The average molecular weight is 236 g/mol. The number of halogens is 1. The van der Waals surface area contributed by atoms with Gasteiger partial charge in [0.25, 0.3) is 0 Å². The number of anilines is 2. The maximum absolute atomic E-state index is 8.64. The molecule has 4 heteroatoms. The summed E-state index contributed by atoms with van der Waals surface area (Å²) in [5.41, 5.74) is 10.2. The zero-order valence-electron chi connectivity index (χ0n) is 9.56. The number of nitriles is 1. The lowest BCUT2D eigenvalue weighted by Crippen LogP contribution is -2.02. The Kier molecular flexibility index (Phi) is 3.81. The lowest BCUT2D eigenvalue weighted by atomic mass is 10.1. The molecule has 0 fully saturated rings. The van der Waals surface area contributed by atoms with Crippen molar-refractivity contribution in [3.8, 4) is 6.07 Å². The number of hydrogen-bond acceptors (Lipinski definition) is 3. The van der Waals surface area contributed by atoms with Crippen LogP contribution in [-0.4, -0.2) is 0 Å². The first-order chi connectivity index (χ1) is 7.45. The molecule has 0 aliphatic carbocycles. The summed E-state index contributed by atoms with van der Waals surface area (Å²) in [7, 11) is 0. The molecular formula is C12H14ClN3. The quantitative estimate of drug-likeness (QED) is 0.611. The fraction of sp³-hybridized carbons (Fsp3) is 0.250. The van der Waals surface area contributed by atoms with Gasteiger partial charge in [0.15, 0.2) is 0 Å². The topological polar surface area (TPSA) is 61.8 Å². The number of allylic oxidation sites excluding steroid dienone is 2. The predicted molar refractivity (Wildman–Crippen MR) is 68.1 cm³/mol. The monoisotopic (exact) mass is 235 g/mol. The normalized spacial score (nSPS) is 11.7. The molecule has 0 aromatic heterocycles. The first-order valence-electron chi connectivity index (χ1n) is 4.86. The SMILES string of the molecule is CC(Nc1cc(C)c(C)cc1N)=C(Cl)C#N. The summed E-state index contributed by atoms with van der Waals surface area (Å²) in [5, 5.41) is 11.8. The fourth-order valence-electron chi connectivity index (χ4n) is 1.29. The maximum Gasteiger partial charge on any atom is 0.137 e. The van der Waals surface area contributed by atoms with Crippen molar-refractivity contribution in [2.24, 2.45) is 0 Å². The predicted octanol–water partition coefficient (Wildman–Crippen LogP) is 3.29. The second-order valence-corrected chi connectivity index (χ2v) is 4.08. The van der Waals surface area contributed by atoms with Crippen LogP contribution in [0.2, 0.25) is 0 Å². The lowest BCUT2D eigenvalue weighted by Gasteiger charge is -2.12. The van der Waals surface area contributed by atoms with Crippen LogP contribution in [0.5, 0.6) is 0 Å². The van der Waals surface area contributed by atoms with E-state index in [2.05, 4.69) is 5.32 Å². The molecule has 3 nitrogen and oxygen atoms in total. The van der Waals surface area contributed by atoms with Crippen LogP contribution < -0.4 is 11.1 Å². The number of aryl methyl sites for hydroxylation is 2. The first-order valence-corrected chi connectivity index (χ1v) is 5.23. The summed E-state index contributed by atoms with van der Waals surface area (Å²) in [4.78, 5) is 0. The molecule has 0 aliphatic heterocycles. The van der Waals surface area contributed by atoms with E-state index in [0.717, 1.165) is 16.8 Å². The van der Waals surface area contributed by atoms with Gasteiger partial charge >= 0.3 is 0 Å². The zero-order valence-corrected chi connectivity index (χ0v) is 10.3. The number of rotatable bonds is 2. The highest BCUT2D eigenvalue weighted by Gasteiger charge is 2.04. The molecule has 1 aromatic carbocycles. The van der Waals surface area contributed by atoms with Crippen LogP contribution in [0.3, 0.4) is 0 Å². The van der Waals surface area contributed by atoms with E-state index in [4.69, 9.17) is 22.6 Å². The van der Waals surface area contributed by atoms with Crippen molar-refractivity contribution in [2.45, 2.75) is 20.8 Å². The Morgan fingerprint density at radius 3 is 2.50 bits per heavy atom. The average Bonchev–Trinajstić information content (AvgIpc) is 2.24. The minimum absolute atomic E-state index is 0.137. The second-order valence-electron chi connectivity index (χ2n) is 3.70. The minimum atomic E-state index is 0.137. The van der Waals surface area contributed by atoms with Crippen LogP contribution in [0.1, 0.15) is 18.1 Å². The molecule has 0 atom stereocenters. The molecule has 0 bridgehead atoms. The van der Waals surface area contributed by atoms with Crippen LogP contribution in [-0.2, 0) is 0 Å². The molecule has 0 radical (unpaired) electrons. The van der Waals surface area contributed by atoms with Gasteiger partial charge in [-0.05, 0) is 44.0 Å². The molecule has 3 N–H and O–H groups in total. The molecule has 16 heavy (non-hydrogen) atoms. The van der Waals surface area contributed by atoms with Crippen molar-refractivity contribution >= 4 is 23.0 Å². The molecule has 1 aromatic rings. The van der Waals surface area contributed by atoms with E-state index in [9.17, 15) is 0 Å². The highest BCUT2D eigenvalue weighted by Crippen LogP contribution is 2.25. The Morgan fingerprint density at radius 2 is 1.94 bits per heavy atom.